The molecule has 0 saturated heterocycles. The van der Waals surface area contributed by atoms with Crippen LogP contribution >= 0.6 is 11.6 Å². The van der Waals surface area contributed by atoms with Crippen molar-refractivity contribution in [1.82, 2.24) is 4.57 Å². The van der Waals surface area contributed by atoms with E-state index in [0.29, 0.717) is 12.3 Å². The van der Waals surface area contributed by atoms with E-state index in [1.807, 2.05) is 49.4 Å². The minimum Gasteiger partial charge on any atom is -0.347 e. The Hall–Kier alpha value is -1.54. The number of aromatic nitrogens is 1. The molecule has 2 nitrogen and oxygen atoms in total. The molecule has 0 saturated carbocycles. The van der Waals surface area contributed by atoms with Gasteiger partial charge in [-0.05, 0) is 19.1 Å². The van der Waals surface area contributed by atoms with Gasteiger partial charge in [-0.15, -0.1) is 11.6 Å². The summed E-state index contributed by atoms with van der Waals surface area (Å²) in [6.45, 7) is 2.78. The van der Waals surface area contributed by atoms with E-state index in [1.54, 1.807) is 0 Å². The molecule has 0 spiro atoms. The molecule has 2 rings (SSSR count). The molecule has 0 aliphatic heterocycles. The number of carbonyl (C=O) groups is 1. The second kappa shape index (κ2) is 5.87. The Morgan fingerprint density at radius 1 is 1.17 bits per heavy atom. The predicted octanol–water partition coefficient (Wildman–Crippen LogP) is 3.46. The third-order valence-corrected chi connectivity index (χ3v) is 3.20. The summed E-state index contributed by atoms with van der Waals surface area (Å²) in [4.78, 5) is 12.1. The highest BCUT2D eigenvalue weighted by molar-refractivity contribution is 6.17. The molecule has 0 aliphatic rings. The fourth-order valence-electron chi connectivity index (χ4n) is 2.07. The number of alkyl halides is 1. The van der Waals surface area contributed by atoms with Crippen molar-refractivity contribution in [3.63, 3.8) is 0 Å². The molecule has 0 amide bonds. The number of halogens is 1. The van der Waals surface area contributed by atoms with Gasteiger partial charge in [-0.3, -0.25) is 4.79 Å². The maximum absolute atomic E-state index is 12.1. The quantitative estimate of drug-likeness (QED) is 0.597. The van der Waals surface area contributed by atoms with E-state index < -0.39 is 0 Å². The van der Waals surface area contributed by atoms with E-state index in [-0.39, 0.29) is 5.78 Å². The van der Waals surface area contributed by atoms with Gasteiger partial charge >= 0.3 is 0 Å². The molecule has 0 bridgehead atoms. The number of rotatable bonds is 5. The fourth-order valence-corrected chi connectivity index (χ4v) is 2.24. The highest BCUT2D eigenvalue weighted by Crippen LogP contribution is 2.12. The Morgan fingerprint density at radius 3 is 2.56 bits per heavy atom. The normalized spacial score (nSPS) is 10.6. The van der Waals surface area contributed by atoms with Crippen molar-refractivity contribution in [2.75, 3.05) is 5.88 Å². The molecule has 3 heteroatoms. The van der Waals surface area contributed by atoms with Crippen molar-refractivity contribution in [3.8, 4) is 0 Å². The summed E-state index contributed by atoms with van der Waals surface area (Å²) in [5.41, 5.74) is 2.93. The number of Topliss-reactive ketones (excluding diaryl/α,β-unsaturated/α-hetero) is 1. The van der Waals surface area contributed by atoms with Gasteiger partial charge in [0, 0.05) is 29.4 Å². The second-order valence-corrected chi connectivity index (χ2v) is 4.65. The van der Waals surface area contributed by atoms with Crippen molar-refractivity contribution < 1.29 is 4.79 Å². The Kier molecular flexibility index (Phi) is 4.21. The third kappa shape index (κ3) is 2.82. The minimum atomic E-state index is 0.143. The summed E-state index contributed by atoms with van der Waals surface area (Å²) in [6.07, 6.45) is 0.425. The van der Waals surface area contributed by atoms with Crippen LogP contribution in [0.3, 0.4) is 0 Å². The summed E-state index contributed by atoms with van der Waals surface area (Å²) in [5, 5.41) is 0. The van der Waals surface area contributed by atoms with Crippen LogP contribution in [0.4, 0.5) is 0 Å². The third-order valence-electron chi connectivity index (χ3n) is 3.03. The molecule has 2 aromatic rings. The Morgan fingerprint density at radius 2 is 1.89 bits per heavy atom. The molecule has 0 aliphatic carbocycles. The molecular weight excluding hydrogens is 246 g/mol. The Balaban J connectivity index is 2.17. The highest BCUT2D eigenvalue weighted by Gasteiger charge is 2.11. The first-order valence-corrected chi connectivity index (χ1v) is 6.55. The van der Waals surface area contributed by atoms with Crippen LogP contribution in [0.2, 0.25) is 0 Å². The van der Waals surface area contributed by atoms with Crippen molar-refractivity contribution in [2.24, 2.45) is 0 Å². The maximum atomic E-state index is 12.1. The van der Waals surface area contributed by atoms with Crippen LogP contribution in [0, 0.1) is 6.92 Å². The number of aryl methyl sites for hydroxylation is 1. The van der Waals surface area contributed by atoms with Crippen LogP contribution in [0.1, 0.15) is 21.7 Å². The van der Waals surface area contributed by atoms with Crippen LogP contribution in [-0.4, -0.2) is 16.2 Å². The molecule has 0 atom stereocenters. The van der Waals surface area contributed by atoms with Gasteiger partial charge in [0.2, 0.25) is 0 Å². The number of hydrogen-bond donors (Lipinski definition) is 0. The molecular formula is C15H16ClNO. The lowest BCUT2D eigenvalue weighted by atomic mass is 10.1. The van der Waals surface area contributed by atoms with E-state index in [4.69, 9.17) is 11.6 Å². The first-order valence-electron chi connectivity index (χ1n) is 6.01. The first-order chi connectivity index (χ1) is 8.72. The summed E-state index contributed by atoms with van der Waals surface area (Å²) < 4.78 is 2.10. The monoisotopic (exact) mass is 261 g/mol. The van der Waals surface area contributed by atoms with Crippen LogP contribution in [0.5, 0.6) is 0 Å². The smallest absolute Gasteiger partial charge is 0.168 e. The molecule has 0 N–H and O–H groups in total. The molecule has 1 aromatic carbocycles. The highest BCUT2D eigenvalue weighted by atomic mass is 35.5. The minimum absolute atomic E-state index is 0.143. The SMILES string of the molecule is Cc1ccc(CC(=O)c2ccccc2)n1CCCl. The van der Waals surface area contributed by atoms with Crippen molar-refractivity contribution >= 4 is 17.4 Å². The molecule has 0 unspecified atom stereocenters. The van der Waals surface area contributed by atoms with Gasteiger partial charge in [-0.2, -0.15) is 0 Å². The molecule has 1 aromatic heterocycles. The number of carbonyl (C=O) groups excluding carboxylic acids is 1. The van der Waals surface area contributed by atoms with Gasteiger partial charge in [0.15, 0.2) is 5.78 Å². The van der Waals surface area contributed by atoms with Crippen LogP contribution in [-0.2, 0) is 13.0 Å². The molecule has 0 radical (unpaired) electrons. The van der Waals surface area contributed by atoms with E-state index in [9.17, 15) is 4.79 Å². The Labute approximate surface area is 112 Å². The van der Waals surface area contributed by atoms with Gasteiger partial charge in [0.05, 0.1) is 6.42 Å². The van der Waals surface area contributed by atoms with Gasteiger partial charge < -0.3 is 4.57 Å². The second-order valence-electron chi connectivity index (χ2n) is 4.27. The molecule has 1 heterocycles. The zero-order valence-corrected chi connectivity index (χ0v) is 11.2. The molecule has 94 valence electrons. The lowest BCUT2D eigenvalue weighted by molar-refractivity contribution is 0.0991. The van der Waals surface area contributed by atoms with Crippen LogP contribution in [0.15, 0.2) is 42.5 Å². The fraction of sp³-hybridized carbons (Fsp3) is 0.267. The van der Waals surface area contributed by atoms with E-state index >= 15 is 0 Å². The molecule has 0 fully saturated rings. The summed E-state index contributed by atoms with van der Waals surface area (Å²) in [5.74, 6) is 0.701. The summed E-state index contributed by atoms with van der Waals surface area (Å²) in [7, 11) is 0. The van der Waals surface area contributed by atoms with Gasteiger partial charge in [0.1, 0.15) is 0 Å². The topological polar surface area (TPSA) is 22.0 Å². The average Bonchev–Trinajstić information content (AvgIpc) is 2.73. The standard InChI is InChI=1S/C15H16ClNO/c1-12-7-8-14(17(12)10-9-16)11-15(18)13-5-3-2-4-6-13/h2-8H,9-11H2,1H3. The van der Waals surface area contributed by atoms with E-state index in [1.165, 1.54) is 0 Å². The largest absolute Gasteiger partial charge is 0.347 e. The predicted molar refractivity (Wildman–Crippen MR) is 74.4 cm³/mol. The summed E-state index contributed by atoms with van der Waals surface area (Å²) >= 11 is 5.78. The summed E-state index contributed by atoms with van der Waals surface area (Å²) in [6, 6.07) is 13.4. The number of benzene rings is 1. The van der Waals surface area contributed by atoms with Crippen molar-refractivity contribution in [3.05, 3.63) is 59.4 Å². The van der Waals surface area contributed by atoms with Gasteiger partial charge in [-0.25, -0.2) is 0 Å². The average molecular weight is 262 g/mol. The van der Waals surface area contributed by atoms with Crippen molar-refractivity contribution in [2.45, 2.75) is 19.9 Å². The maximum Gasteiger partial charge on any atom is 0.168 e. The zero-order chi connectivity index (χ0) is 13.0. The number of ketones is 1. The van der Waals surface area contributed by atoms with Crippen LogP contribution in [0.25, 0.3) is 0 Å². The van der Waals surface area contributed by atoms with Gasteiger partial charge in [0.25, 0.3) is 0 Å². The lowest BCUT2D eigenvalue weighted by Gasteiger charge is -2.09. The number of hydrogen-bond acceptors (Lipinski definition) is 1. The van der Waals surface area contributed by atoms with Crippen molar-refractivity contribution in [1.29, 1.82) is 0 Å². The van der Waals surface area contributed by atoms with Gasteiger partial charge in [-0.1, -0.05) is 30.3 Å². The number of nitrogens with zero attached hydrogens (tertiary/aromatic N) is 1. The van der Waals surface area contributed by atoms with Crippen LogP contribution < -0.4 is 0 Å². The van der Waals surface area contributed by atoms with E-state index in [2.05, 4.69) is 4.57 Å². The first kappa shape index (κ1) is 12.9. The zero-order valence-electron chi connectivity index (χ0n) is 10.4. The Bertz CT molecular complexity index is 531. The lowest BCUT2D eigenvalue weighted by Crippen LogP contribution is -2.11. The van der Waals surface area contributed by atoms with E-state index in [0.717, 1.165) is 23.5 Å². The molecule has 18 heavy (non-hydrogen) atoms.